The van der Waals surface area contributed by atoms with Crippen LogP contribution in [0.3, 0.4) is 0 Å². The van der Waals surface area contributed by atoms with Crippen LogP contribution in [0.25, 0.3) is 0 Å². The van der Waals surface area contributed by atoms with Gasteiger partial charge >= 0.3 is 0 Å². The van der Waals surface area contributed by atoms with Crippen LogP contribution >= 0.6 is 22.6 Å². The second-order valence-electron chi connectivity index (χ2n) is 3.16. The lowest BCUT2D eigenvalue weighted by molar-refractivity contribution is 0.322. The Morgan fingerprint density at radius 1 is 1.12 bits per heavy atom. The summed E-state index contributed by atoms with van der Waals surface area (Å²) < 4.78 is 16.9. The SMILES string of the molecule is COc1cc(CCN)c(I)c(OC)c1OC. The number of ether oxygens (including phenoxy) is 3. The van der Waals surface area contributed by atoms with Crippen molar-refractivity contribution in [3.63, 3.8) is 0 Å². The lowest BCUT2D eigenvalue weighted by Gasteiger charge is -2.16. The maximum Gasteiger partial charge on any atom is 0.204 e. The van der Waals surface area contributed by atoms with E-state index in [1.807, 2.05) is 6.07 Å². The summed E-state index contributed by atoms with van der Waals surface area (Å²) in [6.45, 7) is 0.592. The van der Waals surface area contributed by atoms with Gasteiger partial charge in [0.1, 0.15) is 0 Å². The summed E-state index contributed by atoms with van der Waals surface area (Å²) in [6, 6.07) is 1.94. The number of hydrogen-bond acceptors (Lipinski definition) is 4. The Morgan fingerprint density at radius 3 is 2.19 bits per heavy atom. The third-order valence-corrected chi connectivity index (χ3v) is 3.44. The molecule has 90 valence electrons. The molecule has 4 nitrogen and oxygen atoms in total. The van der Waals surface area contributed by atoms with Crippen molar-refractivity contribution in [2.45, 2.75) is 6.42 Å². The van der Waals surface area contributed by atoms with Crippen LogP contribution in [-0.2, 0) is 6.42 Å². The molecular formula is C11H16INO3. The second-order valence-corrected chi connectivity index (χ2v) is 4.24. The fraction of sp³-hybridized carbons (Fsp3) is 0.455. The normalized spacial score (nSPS) is 10.1. The van der Waals surface area contributed by atoms with Crippen molar-refractivity contribution in [2.24, 2.45) is 5.73 Å². The average Bonchev–Trinajstić information content (AvgIpc) is 2.31. The van der Waals surface area contributed by atoms with Gasteiger partial charge < -0.3 is 19.9 Å². The van der Waals surface area contributed by atoms with E-state index in [1.165, 1.54) is 0 Å². The quantitative estimate of drug-likeness (QED) is 0.833. The smallest absolute Gasteiger partial charge is 0.204 e. The van der Waals surface area contributed by atoms with Gasteiger partial charge in [-0.2, -0.15) is 0 Å². The third kappa shape index (κ3) is 2.52. The van der Waals surface area contributed by atoms with Crippen LogP contribution in [0.5, 0.6) is 17.2 Å². The molecule has 2 N–H and O–H groups in total. The summed E-state index contributed by atoms with van der Waals surface area (Å²) >= 11 is 2.23. The number of halogens is 1. The highest BCUT2D eigenvalue weighted by molar-refractivity contribution is 14.1. The Morgan fingerprint density at radius 2 is 1.75 bits per heavy atom. The Hall–Kier alpha value is -0.690. The Bertz CT molecular complexity index is 369. The first-order chi connectivity index (χ1) is 7.69. The molecule has 0 radical (unpaired) electrons. The van der Waals surface area contributed by atoms with Crippen LogP contribution in [0.4, 0.5) is 0 Å². The summed E-state index contributed by atoms with van der Waals surface area (Å²) in [4.78, 5) is 0. The Labute approximate surface area is 109 Å². The first-order valence-corrected chi connectivity index (χ1v) is 5.94. The summed E-state index contributed by atoms with van der Waals surface area (Å²) in [7, 11) is 4.82. The largest absolute Gasteiger partial charge is 0.493 e. The van der Waals surface area contributed by atoms with Crippen LogP contribution < -0.4 is 19.9 Å². The van der Waals surface area contributed by atoms with Gasteiger partial charge in [0.2, 0.25) is 5.75 Å². The molecule has 0 saturated heterocycles. The molecule has 0 bridgehead atoms. The molecule has 0 aliphatic rings. The molecule has 1 rings (SSSR count). The summed E-state index contributed by atoms with van der Waals surface area (Å²) in [6.07, 6.45) is 0.787. The van der Waals surface area contributed by atoms with E-state index in [0.29, 0.717) is 23.8 Å². The lowest BCUT2D eigenvalue weighted by atomic mass is 10.1. The molecule has 0 fully saturated rings. The van der Waals surface area contributed by atoms with Gasteiger partial charge in [-0.15, -0.1) is 0 Å². The molecule has 0 saturated carbocycles. The Balaban J connectivity index is 3.35. The summed E-state index contributed by atoms with van der Waals surface area (Å²) in [5, 5.41) is 0. The van der Waals surface area contributed by atoms with Crippen LogP contribution in [0.15, 0.2) is 6.07 Å². The van der Waals surface area contributed by atoms with E-state index in [0.717, 1.165) is 15.6 Å². The lowest BCUT2D eigenvalue weighted by Crippen LogP contribution is -2.06. The monoisotopic (exact) mass is 337 g/mol. The minimum absolute atomic E-state index is 0.592. The van der Waals surface area contributed by atoms with Crippen molar-refractivity contribution in [1.82, 2.24) is 0 Å². The molecule has 0 atom stereocenters. The zero-order valence-electron chi connectivity index (χ0n) is 9.67. The van der Waals surface area contributed by atoms with Crippen molar-refractivity contribution in [3.05, 3.63) is 15.2 Å². The minimum Gasteiger partial charge on any atom is -0.493 e. The highest BCUT2D eigenvalue weighted by Gasteiger charge is 2.18. The Kier molecular flexibility index (Phi) is 5.14. The van der Waals surface area contributed by atoms with Crippen LogP contribution in [0.1, 0.15) is 5.56 Å². The molecule has 0 heterocycles. The fourth-order valence-electron chi connectivity index (χ4n) is 1.51. The van der Waals surface area contributed by atoms with E-state index in [-0.39, 0.29) is 0 Å². The van der Waals surface area contributed by atoms with Gasteiger partial charge in [-0.05, 0) is 47.2 Å². The number of nitrogens with two attached hydrogens (primary N) is 1. The zero-order valence-corrected chi connectivity index (χ0v) is 11.8. The second kappa shape index (κ2) is 6.15. The van der Waals surface area contributed by atoms with Crippen molar-refractivity contribution >= 4 is 22.6 Å². The molecule has 5 heteroatoms. The average molecular weight is 337 g/mol. The summed E-state index contributed by atoms with van der Waals surface area (Å²) in [5.41, 5.74) is 6.68. The van der Waals surface area contributed by atoms with Crippen LogP contribution in [0.2, 0.25) is 0 Å². The standard InChI is InChI=1S/C11H16INO3/c1-14-8-6-7(4-5-13)9(12)11(16-3)10(8)15-2/h6H,4-5,13H2,1-3H3. The highest BCUT2D eigenvalue weighted by Crippen LogP contribution is 2.42. The molecule has 1 aromatic carbocycles. The predicted octanol–water partition coefficient (Wildman–Crippen LogP) is 1.82. The minimum atomic E-state index is 0.592. The molecular weight excluding hydrogens is 321 g/mol. The maximum atomic E-state index is 5.57. The van der Waals surface area contributed by atoms with Gasteiger partial charge in [0.05, 0.1) is 24.9 Å². The van der Waals surface area contributed by atoms with E-state index in [1.54, 1.807) is 21.3 Å². The molecule has 0 aliphatic heterocycles. The van der Waals surface area contributed by atoms with Crippen molar-refractivity contribution in [3.8, 4) is 17.2 Å². The zero-order chi connectivity index (χ0) is 12.1. The predicted molar refractivity (Wildman–Crippen MR) is 71.6 cm³/mol. The van der Waals surface area contributed by atoms with Crippen molar-refractivity contribution < 1.29 is 14.2 Å². The van der Waals surface area contributed by atoms with Gasteiger partial charge in [0, 0.05) is 0 Å². The molecule has 0 amide bonds. The van der Waals surface area contributed by atoms with E-state index < -0.39 is 0 Å². The number of methoxy groups -OCH3 is 3. The van der Waals surface area contributed by atoms with Crippen molar-refractivity contribution in [2.75, 3.05) is 27.9 Å². The molecule has 16 heavy (non-hydrogen) atoms. The third-order valence-electron chi connectivity index (χ3n) is 2.26. The molecule has 0 spiro atoms. The van der Waals surface area contributed by atoms with Gasteiger partial charge in [-0.1, -0.05) is 0 Å². The number of rotatable bonds is 5. The van der Waals surface area contributed by atoms with E-state index >= 15 is 0 Å². The van der Waals surface area contributed by atoms with Gasteiger partial charge in [0.15, 0.2) is 11.5 Å². The van der Waals surface area contributed by atoms with Gasteiger partial charge in [-0.3, -0.25) is 0 Å². The van der Waals surface area contributed by atoms with Crippen LogP contribution in [0, 0.1) is 3.57 Å². The van der Waals surface area contributed by atoms with E-state index in [4.69, 9.17) is 19.9 Å². The first kappa shape index (κ1) is 13.4. The summed E-state index contributed by atoms with van der Waals surface area (Å²) in [5.74, 6) is 1.99. The van der Waals surface area contributed by atoms with E-state index in [9.17, 15) is 0 Å². The molecule has 0 aromatic heterocycles. The van der Waals surface area contributed by atoms with Gasteiger partial charge in [-0.25, -0.2) is 0 Å². The number of hydrogen-bond donors (Lipinski definition) is 1. The topological polar surface area (TPSA) is 53.7 Å². The number of benzene rings is 1. The fourth-order valence-corrected chi connectivity index (χ4v) is 2.40. The maximum absolute atomic E-state index is 5.57. The van der Waals surface area contributed by atoms with Gasteiger partial charge in [0.25, 0.3) is 0 Å². The molecule has 1 aromatic rings. The molecule has 0 unspecified atom stereocenters. The van der Waals surface area contributed by atoms with Crippen LogP contribution in [-0.4, -0.2) is 27.9 Å². The highest BCUT2D eigenvalue weighted by atomic mass is 127. The first-order valence-electron chi connectivity index (χ1n) is 4.87. The molecule has 0 aliphatic carbocycles. The van der Waals surface area contributed by atoms with E-state index in [2.05, 4.69) is 22.6 Å². The van der Waals surface area contributed by atoms with Crippen molar-refractivity contribution in [1.29, 1.82) is 0 Å².